The molecule has 0 spiro atoms. The number of rotatable bonds is 1. The highest BCUT2D eigenvalue weighted by Gasteiger charge is 2.22. The minimum absolute atomic E-state index is 0.439. The van der Waals surface area contributed by atoms with Crippen molar-refractivity contribution in [1.29, 1.82) is 0 Å². The van der Waals surface area contributed by atoms with Crippen LogP contribution in [0.5, 0.6) is 0 Å². The lowest BCUT2D eigenvalue weighted by atomic mass is 9.79. The van der Waals surface area contributed by atoms with Crippen molar-refractivity contribution in [2.45, 2.75) is 39.3 Å². The number of benzene rings is 4. The number of fused-ring (bicyclic) bond motifs is 4. The van der Waals surface area contributed by atoms with Gasteiger partial charge in [-0.05, 0) is 123 Å². The summed E-state index contributed by atoms with van der Waals surface area (Å²) in [4.78, 5) is 36.7. The van der Waals surface area contributed by atoms with Gasteiger partial charge in [0.15, 0.2) is 0 Å². The topological polar surface area (TPSA) is 124 Å². The van der Waals surface area contributed by atoms with Gasteiger partial charge in [-0.2, -0.15) is 0 Å². The third-order valence-corrected chi connectivity index (χ3v) is 12.3. The van der Waals surface area contributed by atoms with Gasteiger partial charge in [-0.3, -0.25) is 9.80 Å². The molecule has 13 rings (SSSR count). The summed E-state index contributed by atoms with van der Waals surface area (Å²) in [6.45, 7) is 3.10. The van der Waals surface area contributed by atoms with Crippen LogP contribution in [0.4, 0.5) is 0 Å². The zero-order valence-corrected chi connectivity index (χ0v) is 34.2. The fraction of sp³-hybridized carbons (Fsp3) is 0.115. The van der Waals surface area contributed by atoms with E-state index in [4.69, 9.17) is 29.9 Å². The third-order valence-electron chi connectivity index (χ3n) is 12.3. The van der Waals surface area contributed by atoms with Crippen LogP contribution >= 0.6 is 0 Å². The summed E-state index contributed by atoms with van der Waals surface area (Å²) in [6, 6.07) is 51.9. The Hall–Kier alpha value is -7.28. The van der Waals surface area contributed by atoms with Crippen molar-refractivity contribution >= 4 is 55.7 Å². The van der Waals surface area contributed by atoms with E-state index in [1.165, 1.54) is 0 Å². The minimum Gasteiger partial charge on any atom is -0.423 e. The molecule has 11 heteroatoms. The van der Waals surface area contributed by atoms with Crippen molar-refractivity contribution in [3.63, 3.8) is 0 Å². The Labute approximate surface area is 363 Å². The van der Waals surface area contributed by atoms with Crippen LogP contribution in [0.2, 0.25) is 0 Å². The van der Waals surface area contributed by atoms with Crippen LogP contribution in [0.15, 0.2) is 152 Å². The molecule has 3 aliphatic rings. The first-order chi connectivity index (χ1) is 30.9. The number of hydrogen-bond donors (Lipinski definition) is 2. The van der Waals surface area contributed by atoms with E-state index < -0.39 is 7.12 Å². The summed E-state index contributed by atoms with van der Waals surface area (Å²) in [6.07, 6.45) is 0. The number of pyridine rings is 6. The summed E-state index contributed by atoms with van der Waals surface area (Å²) in [5, 5.41) is 28.5. The van der Waals surface area contributed by atoms with Gasteiger partial charge in [-0.25, -0.2) is 29.9 Å². The first-order valence-electron chi connectivity index (χ1n) is 21.3. The number of hydrogen-bond acceptors (Lipinski definition) is 10. The predicted molar refractivity (Wildman–Crippen MR) is 248 cm³/mol. The lowest BCUT2D eigenvalue weighted by molar-refractivity contribution is 0.239. The Bertz CT molecular complexity index is 3360. The summed E-state index contributed by atoms with van der Waals surface area (Å²) >= 11 is 0. The first-order valence-corrected chi connectivity index (χ1v) is 21.3. The monoisotopic (exact) mass is 818 g/mol. The van der Waals surface area contributed by atoms with E-state index >= 15 is 0 Å². The Morgan fingerprint density at radius 3 is 1.19 bits per heavy atom. The molecule has 63 heavy (non-hydrogen) atoms. The van der Waals surface area contributed by atoms with E-state index in [1.54, 1.807) is 6.07 Å². The highest BCUT2D eigenvalue weighted by molar-refractivity contribution is 6.59. The normalized spacial score (nSPS) is 16.0. The molecular weight excluding hydrogens is 779 g/mol. The second-order valence-electron chi connectivity index (χ2n) is 16.7. The standard InChI is InChI=1S/C52H39BN8O2/c62-53(63)38-18-17-34-23-44-37(20-35(34)21-38)25-50-49-24-36-19-32-7-1-2-8-33(32)22-43(36)51(58-49)30-60-26-39-9-3-13-45(54-39)47-15-5-11-41(56-47)28-61(31-52(44)59-50)29-42-12-6-16-48(57-42)46-14-4-10-40(27-60)55-46/h1-25,62-63H,26-31H2. The van der Waals surface area contributed by atoms with Crippen molar-refractivity contribution in [3.8, 4) is 34.2 Å². The average molecular weight is 819 g/mol. The Balaban J connectivity index is 1.16. The van der Waals surface area contributed by atoms with Crippen LogP contribution < -0.4 is 5.46 Å². The Kier molecular flexibility index (Phi) is 9.08. The maximum Gasteiger partial charge on any atom is 0.488 e. The van der Waals surface area contributed by atoms with Gasteiger partial charge in [0, 0.05) is 50.0 Å². The van der Waals surface area contributed by atoms with Gasteiger partial charge in [0.05, 0.1) is 68.3 Å². The Morgan fingerprint density at radius 2 is 0.746 bits per heavy atom. The molecule has 6 aromatic heterocycles. The highest BCUT2D eigenvalue weighted by Crippen LogP contribution is 2.34. The molecule has 0 fully saturated rings. The molecule has 0 saturated heterocycles. The quantitative estimate of drug-likeness (QED) is 0.123. The van der Waals surface area contributed by atoms with Crippen LogP contribution in [0, 0.1) is 0 Å². The van der Waals surface area contributed by atoms with E-state index in [2.05, 4.69) is 119 Å². The van der Waals surface area contributed by atoms with Crippen LogP contribution in [-0.2, 0) is 39.3 Å². The molecular formula is C52H39BN8O2. The maximum atomic E-state index is 10.1. The summed E-state index contributed by atoms with van der Waals surface area (Å²) in [5.41, 5.74) is 10.7. The zero-order chi connectivity index (χ0) is 42.0. The van der Waals surface area contributed by atoms with Crippen molar-refractivity contribution in [2.75, 3.05) is 0 Å². The third kappa shape index (κ3) is 7.26. The lowest BCUT2D eigenvalue weighted by Crippen LogP contribution is -2.29. The van der Waals surface area contributed by atoms with Crippen molar-refractivity contribution in [3.05, 3.63) is 186 Å². The fourth-order valence-corrected chi connectivity index (χ4v) is 9.28. The minimum atomic E-state index is -1.57. The van der Waals surface area contributed by atoms with Gasteiger partial charge >= 0.3 is 7.12 Å². The SMILES string of the molecule is OB(O)c1ccc2cc3c4nc(cc3cc2c1)-c1cc2cc3ccccc3cc2c(n1)CN1Cc2cccc(n2)-c2cccc(n2)CN(Cc2cccc(n2)-c2cccc(n2)C1)C4. The van der Waals surface area contributed by atoms with Gasteiger partial charge in [-0.15, -0.1) is 0 Å². The van der Waals surface area contributed by atoms with Crippen LogP contribution in [-0.4, -0.2) is 56.9 Å². The second kappa shape index (κ2) is 15.3. The molecule has 0 aliphatic carbocycles. The molecule has 0 atom stereocenters. The van der Waals surface area contributed by atoms with Crippen LogP contribution in [0.3, 0.4) is 0 Å². The second-order valence-corrected chi connectivity index (χ2v) is 16.7. The molecule has 10 aromatic rings. The van der Waals surface area contributed by atoms with Crippen molar-refractivity contribution in [2.24, 2.45) is 0 Å². The van der Waals surface area contributed by atoms with Crippen molar-refractivity contribution in [1.82, 2.24) is 39.7 Å². The predicted octanol–water partition coefficient (Wildman–Crippen LogP) is 8.38. The molecule has 0 radical (unpaired) electrons. The molecule has 302 valence electrons. The van der Waals surface area contributed by atoms with E-state index in [0.29, 0.717) is 44.7 Å². The molecule has 0 unspecified atom stereocenters. The van der Waals surface area contributed by atoms with Crippen molar-refractivity contribution < 1.29 is 10.0 Å². The van der Waals surface area contributed by atoms with E-state index in [0.717, 1.165) is 111 Å². The smallest absolute Gasteiger partial charge is 0.423 e. The van der Waals surface area contributed by atoms with Gasteiger partial charge in [-0.1, -0.05) is 66.7 Å². The number of aromatic nitrogens is 6. The zero-order valence-electron chi connectivity index (χ0n) is 34.2. The fourth-order valence-electron chi connectivity index (χ4n) is 9.28. The number of nitrogens with zero attached hydrogens (tertiary/aromatic N) is 8. The molecule has 2 N–H and O–H groups in total. The highest BCUT2D eigenvalue weighted by atomic mass is 16.4. The lowest BCUT2D eigenvalue weighted by Gasteiger charge is -2.25. The van der Waals surface area contributed by atoms with E-state index in [-0.39, 0.29) is 0 Å². The molecule has 4 aromatic carbocycles. The maximum absolute atomic E-state index is 10.1. The largest absolute Gasteiger partial charge is 0.488 e. The van der Waals surface area contributed by atoms with Gasteiger partial charge in [0.1, 0.15) is 0 Å². The molecule has 10 nitrogen and oxygen atoms in total. The Morgan fingerprint density at radius 1 is 0.333 bits per heavy atom. The van der Waals surface area contributed by atoms with Gasteiger partial charge in [0.25, 0.3) is 0 Å². The summed E-state index contributed by atoms with van der Waals surface area (Å²) in [5.74, 6) is 0. The molecule has 9 heterocycles. The summed E-state index contributed by atoms with van der Waals surface area (Å²) < 4.78 is 0. The van der Waals surface area contributed by atoms with Gasteiger partial charge < -0.3 is 10.0 Å². The molecule has 0 saturated carbocycles. The van der Waals surface area contributed by atoms with E-state index in [9.17, 15) is 10.0 Å². The van der Waals surface area contributed by atoms with Crippen LogP contribution in [0.25, 0.3) is 77.3 Å². The first kappa shape index (κ1) is 37.5. The average Bonchev–Trinajstić information content (AvgIpc) is 3.30. The van der Waals surface area contributed by atoms with E-state index in [1.807, 2.05) is 36.4 Å². The molecule has 14 bridgehead atoms. The van der Waals surface area contributed by atoms with Gasteiger partial charge in [0.2, 0.25) is 0 Å². The molecule has 3 aliphatic heterocycles. The summed E-state index contributed by atoms with van der Waals surface area (Å²) in [7, 11) is -1.57. The van der Waals surface area contributed by atoms with Crippen LogP contribution in [0.1, 0.15) is 34.2 Å². The molecule has 0 amide bonds.